The number of quaternary nitrogens is 1. The molecule has 0 saturated carbocycles. The Kier molecular flexibility index (Phi) is 53.3. The molecular weight excluding hydrogens is 942 g/mol. The van der Waals surface area contributed by atoms with Gasteiger partial charge in [0.15, 0.2) is 6.10 Å². The van der Waals surface area contributed by atoms with Crippen LogP contribution in [0.2, 0.25) is 0 Å². The normalized spacial score (nSPS) is 13.8. The van der Waals surface area contributed by atoms with E-state index < -0.39 is 26.5 Å². The molecule has 430 valence electrons. The molecule has 74 heavy (non-hydrogen) atoms. The number of nitrogens with zero attached hydrogens (tertiary/aromatic N) is 1. The Morgan fingerprint density at radius 3 is 1.08 bits per heavy atom. The van der Waals surface area contributed by atoms with Crippen molar-refractivity contribution in [3.63, 3.8) is 0 Å². The number of ether oxygens (including phenoxy) is 2. The lowest BCUT2D eigenvalue weighted by atomic mass is 10.0. The first kappa shape index (κ1) is 71.5. The van der Waals surface area contributed by atoms with Gasteiger partial charge in [-0.15, -0.1) is 0 Å². The molecule has 0 saturated heterocycles. The van der Waals surface area contributed by atoms with Crippen LogP contribution in [-0.4, -0.2) is 70.0 Å². The minimum absolute atomic E-state index is 0.0349. The molecule has 0 rings (SSSR count). The molecule has 0 radical (unpaired) electrons. The molecular formula is C64H116NO8P. The largest absolute Gasteiger partial charge is 0.756 e. The van der Waals surface area contributed by atoms with E-state index in [2.05, 4.69) is 86.8 Å². The maximum Gasteiger partial charge on any atom is 0.306 e. The summed E-state index contributed by atoms with van der Waals surface area (Å²) in [6, 6.07) is 0. The molecule has 0 aromatic carbocycles. The number of carbonyl (C=O) groups excluding carboxylic acids is 2. The van der Waals surface area contributed by atoms with Gasteiger partial charge in [0.1, 0.15) is 19.8 Å². The lowest BCUT2D eigenvalue weighted by molar-refractivity contribution is -0.870. The van der Waals surface area contributed by atoms with Gasteiger partial charge in [-0.25, -0.2) is 0 Å². The zero-order valence-electron chi connectivity index (χ0n) is 48.8. The predicted octanol–water partition coefficient (Wildman–Crippen LogP) is 18.6. The van der Waals surface area contributed by atoms with Crippen LogP contribution in [-0.2, 0) is 32.7 Å². The summed E-state index contributed by atoms with van der Waals surface area (Å²) >= 11 is 0. The van der Waals surface area contributed by atoms with Gasteiger partial charge in [0, 0.05) is 12.8 Å². The third kappa shape index (κ3) is 58.7. The Morgan fingerprint density at radius 2 is 0.730 bits per heavy atom. The molecule has 0 bridgehead atoms. The minimum atomic E-state index is -4.64. The molecule has 2 atom stereocenters. The van der Waals surface area contributed by atoms with Crippen molar-refractivity contribution < 1.29 is 42.1 Å². The molecule has 0 aromatic rings. The highest BCUT2D eigenvalue weighted by atomic mass is 31.2. The van der Waals surface area contributed by atoms with Gasteiger partial charge in [-0.05, 0) is 89.9 Å². The Morgan fingerprint density at radius 1 is 0.419 bits per heavy atom. The van der Waals surface area contributed by atoms with Gasteiger partial charge in [-0.3, -0.25) is 14.2 Å². The summed E-state index contributed by atoms with van der Waals surface area (Å²) < 4.78 is 34.2. The fourth-order valence-electron chi connectivity index (χ4n) is 8.44. The summed E-state index contributed by atoms with van der Waals surface area (Å²) in [5, 5.41) is 0. The zero-order valence-corrected chi connectivity index (χ0v) is 49.7. The highest BCUT2D eigenvalue weighted by Gasteiger charge is 2.22. The number of phosphoric ester groups is 1. The van der Waals surface area contributed by atoms with Crippen molar-refractivity contribution in [2.45, 2.75) is 277 Å². The van der Waals surface area contributed by atoms with Crippen LogP contribution in [0, 0.1) is 0 Å². The number of likely N-dealkylation sites (N-methyl/N-ethyl adjacent to an activating group) is 1. The van der Waals surface area contributed by atoms with E-state index in [1.807, 2.05) is 21.1 Å². The number of rotatable bonds is 56. The number of esters is 2. The van der Waals surface area contributed by atoms with Gasteiger partial charge in [0.2, 0.25) is 0 Å². The summed E-state index contributed by atoms with van der Waals surface area (Å²) in [7, 11) is 1.16. The Bertz CT molecular complexity index is 1480. The van der Waals surface area contributed by atoms with Crippen LogP contribution >= 0.6 is 7.82 Å². The Labute approximate surface area is 457 Å². The number of hydrogen-bond donors (Lipinski definition) is 0. The second-order valence-corrected chi connectivity index (χ2v) is 23.1. The average Bonchev–Trinajstić information content (AvgIpc) is 3.36. The van der Waals surface area contributed by atoms with Crippen LogP contribution < -0.4 is 4.89 Å². The van der Waals surface area contributed by atoms with Crippen molar-refractivity contribution in [3.05, 3.63) is 72.9 Å². The predicted molar refractivity (Wildman–Crippen MR) is 314 cm³/mol. The van der Waals surface area contributed by atoms with Crippen LogP contribution in [0.1, 0.15) is 271 Å². The number of unbranched alkanes of at least 4 members (excludes halogenated alkanes) is 30. The first-order chi connectivity index (χ1) is 36.0. The molecule has 0 aromatic heterocycles. The van der Waals surface area contributed by atoms with Gasteiger partial charge in [0.25, 0.3) is 7.82 Å². The van der Waals surface area contributed by atoms with E-state index in [1.54, 1.807) is 0 Å². The number of carbonyl (C=O) groups is 2. The van der Waals surface area contributed by atoms with E-state index in [0.29, 0.717) is 17.4 Å². The standard InChI is InChI=1S/C64H116NO8P/c1-6-8-10-12-14-16-18-20-22-24-26-28-30-31-32-33-35-37-39-41-43-45-47-49-51-53-55-57-64(67)73-62(61-72-74(68,69)71-59-58-65(3,4)5)60-70-63(66)56-54-52-50-48-46-44-42-40-38-36-34-29-27-25-23-21-19-17-15-13-11-9-7-2/h18-21,24-27,30-31,34,36,62H,6-17,22-23,28-29,32-33,35,37-61H2,1-5H3/b20-18-,21-19-,26-24-,27-25-,31-30-,36-34-. The van der Waals surface area contributed by atoms with Gasteiger partial charge < -0.3 is 27.9 Å². The smallest absolute Gasteiger partial charge is 0.306 e. The van der Waals surface area contributed by atoms with Gasteiger partial charge >= 0.3 is 11.9 Å². The lowest BCUT2D eigenvalue weighted by Gasteiger charge is -2.28. The van der Waals surface area contributed by atoms with Crippen molar-refractivity contribution >= 4 is 19.8 Å². The van der Waals surface area contributed by atoms with Crippen LogP contribution in [0.5, 0.6) is 0 Å². The van der Waals surface area contributed by atoms with Crippen molar-refractivity contribution in [1.82, 2.24) is 0 Å². The van der Waals surface area contributed by atoms with Crippen LogP contribution in [0.15, 0.2) is 72.9 Å². The maximum atomic E-state index is 12.8. The third-order valence-electron chi connectivity index (χ3n) is 13.2. The van der Waals surface area contributed by atoms with Crippen LogP contribution in [0.25, 0.3) is 0 Å². The van der Waals surface area contributed by atoms with Gasteiger partial charge in [-0.2, -0.15) is 0 Å². The molecule has 0 aliphatic carbocycles. The fourth-order valence-corrected chi connectivity index (χ4v) is 9.16. The SMILES string of the molecule is CCCCCCC/C=C\C/C=C\C/C=C\CCCCCCCCCCCCCCC(=O)OC(COC(=O)CCCCCCCCCC/C=C\C/C=C\C/C=C\CCCCCCC)COP(=O)([O-])OCC[N+](C)(C)C. The first-order valence-corrected chi connectivity index (χ1v) is 32.1. The number of allylic oxidation sites excluding steroid dienone is 12. The molecule has 0 heterocycles. The van der Waals surface area contributed by atoms with E-state index in [-0.39, 0.29) is 32.0 Å². The summed E-state index contributed by atoms with van der Waals surface area (Å²) in [6.07, 6.45) is 72.3. The van der Waals surface area contributed by atoms with E-state index in [1.165, 1.54) is 161 Å². The molecule has 2 unspecified atom stereocenters. The number of hydrogen-bond acceptors (Lipinski definition) is 8. The van der Waals surface area contributed by atoms with Crippen molar-refractivity contribution in [2.24, 2.45) is 0 Å². The minimum Gasteiger partial charge on any atom is -0.756 e. The van der Waals surface area contributed by atoms with E-state index in [0.717, 1.165) is 77.0 Å². The summed E-state index contributed by atoms with van der Waals surface area (Å²) in [4.78, 5) is 37.9. The van der Waals surface area contributed by atoms with E-state index >= 15 is 0 Å². The van der Waals surface area contributed by atoms with Crippen molar-refractivity contribution in [1.29, 1.82) is 0 Å². The third-order valence-corrected chi connectivity index (χ3v) is 14.2. The Hall–Kier alpha value is -2.55. The lowest BCUT2D eigenvalue weighted by Crippen LogP contribution is -2.37. The molecule has 0 fully saturated rings. The number of phosphoric acid groups is 1. The molecule has 0 N–H and O–H groups in total. The monoisotopic (exact) mass is 1060 g/mol. The molecule has 0 spiro atoms. The molecule has 9 nitrogen and oxygen atoms in total. The summed E-state index contributed by atoms with van der Waals surface area (Å²) in [5.41, 5.74) is 0. The fraction of sp³-hybridized carbons (Fsp3) is 0.781. The van der Waals surface area contributed by atoms with Crippen molar-refractivity contribution in [2.75, 3.05) is 47.5 Å². The molecule has 10 heteroatoms. The topological polar surface area (TPSA) is 111 Å². The molecule has 0 aliphatic heterocycles. The summed E-state index contributed by atoms with van der Waals surface area (Å²) in [6.45, 7) is 4.23. The maximum absolute atomic E-state index is 12.8. The quantitative estimate of drug-likeness (QED) is 0.0195. The highest BCUT2D eigenvalue weighted by Crippen LogP contribution is 2.38. The van der Waals surface area contributed by atoms with Crippen LogP contribution in [0.3, 0.4) is 0 Å². The zero-order chi connectivity index (χ0) is 54.2. The van der Waals surface area contributed by atoms with Crippen molar-refractivity contribution in [3.8, 4) is 0 Å². The summed E-state index contributed by atoms with van der Waals surface area (Å²) in [5.74, 6) is -0.840. The van der Waals surface area contributed by atoms with E-state index in [9.17, 15) is 19.0 Å². The van der Waals surface area contributed by atoms with Gasteiger partial charge in [-0.1, -0.05) is 241 Å². The second kappa shape index (κ2) is 55.2. The van der Waals surface area contributed by atoms with E-state index in [4.69, 9.17) is 18.5 Å². The Balaban J connectivity index is 4.17. The highest BCUT2D eigenvalue weighted by molar-refractivity contribution is 7.45. The van der Waals surface area contributed by atoms with Crippen LogP contribution in [0.4, 0.5) is 0 Å². The second-order valence-electron chi connectivity index (χ2n) is 21.7. The molecule has 0 aliphatic rings. The first-order valence-electron chi connectivity index (χ1n) is 30.6. The molecule has 0 amide bonds. The average molecular weight is 1060 g/mol. The van der Waals surface area contributed by atoms with Gasteiger partial charge in [0.05, 0.1) is 27.7 Å².